The van der Waals surface area contributed by atoms with Crippen LogP contribution in [0.25, 0.3) is 5.65 Å². The first-order valence-corrected chi connectivity index (χ1v) is 11.1. The van der Waals surface area contributed by atoms with Gasteiger partial charge in [0.05, 0.1) is 24.9 Å². The molecule has 4 heterocycles. The Morgan fingerprint density at radius 2 is 2.18 bits per heavy atom. The number of ether oxygens (including phenoxy) is 1. The van der Waals surface area contributed by atoms with Gasteiger partial charge in [-0.2, -0.15) is 9.61 Å². The minimum absolute atomic E-state index is 0.00715. The summed E-state index contributed by atoms with van der Waals surface area (Å²) in [6.45, 7) is 1.22. The number of amides is 1. The van der Waals surface area contributed by atoms with Crippen LogP contribution in [0.3, 0.4) is 0 Å². The predicted octanol–water partition coefficient (Wildman–Crippen LogP) is 2.26. The Labute approximate surface area is 189 Å². The molecule has 2 fully saturated rings. The third-order valence-electron chi connectivity index (χ3n) is 6.25. The lowest BCUT2D eigenvalue weighted by Crippen LogP contribution is -2.48. The molecule has 0 aromatic carbocycles. The number of fused-ring (bicyclic) bond motifs is 1. The van der Waals surface area contributed by atoms with E-state index in [0.29, 0.717) is 49.0 Å². The zero-order valence-electron chi connectivity index (χ0n) is 18.3. The Morgan fingerprint density at radius 1 is 1.30 bits per heavy atom. The van der Waals surface area contributed by atoms with Gasteiger partial charge < -0.3 is 25.3 Å². The van der Waals surface area contributed by atoms with Crippen LogP contribution in [0.2, 0.25) is 0 Å². The Balaban J connectivity index is 1.46. The molecule has 5 rings (SSSR count). The fraction of sp³-hybridized carbons (Fsp3) is 0.455. The molecule has 11 heteroatoms. The molecule has 1 aliphatic heterocycles. The highest BCUT2D eigenvalue weighted by Gasteiger charge is 2.33. The number of carbonyl (C=O) groups is 1. The lowest BCUT2D eigenvalue weighted by Gasteiger charge is -2.30. The van der Waals surface area contributed by atoms with E-state index < -0.39 is 18.1 Å². The summed E-state index contributed by atoms with van der Waals surface area (Å²) < 4.78 is 22.3. The number of alkyl halides is 1. The number of anilines is 3. The van der Waals surface area contributed by atoms with Crippen molar-refractivity contribution in [2.75, 3.05) is 30.9 Å². The molecule has 1 saturated carbocycles. The molecule has 1 saturated heterocycles. The molecule has 1 amide bonds. The zero-order chi connectivity index (χ0) is 22.9. The first-order valence-electron chi connectivity index (χ1n) is 11.1. The SMILES string of the molecule is CNc1cc(Nc2cccn([C@@H]3CCCOC3)c2=O)nc2c(C(=O)N[C@@H]3CC[C@H]3F)cnn12. The van der Waals surface area contributed by atoms with Crippen molar-refractivity contribution in [3.8, 4) is 0 Å². The lowest BCUT2D eigenvalue weighted by atomic mass is 9.90. The van der Waals surface area contributed by atoms with Crippen LogP contribution in [0.15, 0.2) is 35.4 Å². The smallest absolute Gasteiger partial charge is 0.274 e. The molecule has 3 atom stereocenters. The standard InChI is InChI=1S/C22H26FN7O3/c1-24-19-10-18(26-17-5-2-8-29(22(17)32)13-4-3-9-33-12-13)28-20-14(11-25-30(19)20)21(31)27-16-7-6-15(16)23/h2,5,8,10-11,13,15-16,24H,3-4,6-7,9,12H2,1H3,(H,26,28)(H,27,31)/t13-,15-,16-/m1/s1. The van der Waals surface area contributed by atoms with Crippen LogP contribution in [-0.4, -0.2) is 57.5 Å². The van der Waals surface area contributed by atoms with E-state index in [9.17, 15) is 14.0 Å². The van der Waals surface area contributed by atoms with Crippen molar-refractivity contribution in [3.63, 3.8) is 0 Å². The molecule has 0 spiro atoms. The lowest BCUT2D eigenvalue weighted by molar-refractivity contribution is 0.0581. The van der Waals surface area contributed by atoms with Gasteiger partial charge in [-0.3, -0.25) is 9.59 Å². The van der Waals surface area contributed by atoms with Crippen molar-refractivity contribution in [3.05, 3.63) is 46.5 Å². The first kappa shape index (κ1) is 21.4. The van der Waals surface area contributed by atoms with E-state index >= 15 is 0 Å². The third kappa shape index (κ3) is 4.04. The van der Waals surface area contributed by atoms with Gasteiger partial charge in [0, 0.05) is 25.9 Å². The van der Waals surface area contributed by atoms with E-state index in [0.717, 1.165) is 12.8 Å². The van der Waals surface area contributed by atoms with E-state index in [1.807, 2.05) is 0 Å². The molecule has 33 heavy (non-hydrogen) atoms. The number of halogens is 1. The number of hydrogen-bond acceptors (Lipinski definition) is 7. The summed E-state index contributed by atoms with van der Waals surface area (Å²) in [6.07, 6.45) is 5.01. The number of pyridine rings is 1. The van der Waals surface area contributed by atoms with Crippen molar-refractivity contribution < 1.29 is 13.9 Å². The van der Waals surface area contributed by atoms with Crippen LogP contribution >= 0.6 is 0 Å². The number of carbonyl (C=O) groups excluding carboxylic acids is 1. The summed E-state index contributed by atoms with van der Waals surface area (Å²) >= 11 is 0. The quantitative estimate of drug-likeness (QED) is 0.522. The van der Waals surface area contributed by atoms with Crippen LogP contribution in [0.1, 0.15) is 42.1 Å². The number of nitrogens with zero attached hydrogens (tertiary/aromatic N) is 4. The van der Waals surface area contributed by atoms with E-state index in [-0.39, 0.29) is 17.2 Å². The molecule has 3 aromatic rings. The van der Waals surface area contributed by atoms with E-state index in [1.165, 1.54) is 10.7 Å². The van der Waals surface area contributed by atoms with Gasteiger partial charge in [-0.05, 0) is 37.8 Å². The highest BCUT2D eigenvalue weighted by molar-refractivity contribution is 6.00. The molecular formula is C22H26FN7O3. The van der Waals surface area contributed by atoms with E-state index in [2.05, 4.69) is 26.0 Å². The predicted molar refractivity (Wildman–Crippen MR) is 121 cm³/mol. The molecule has 10 nitrogen and oxygen atoms in total. The number of hydrogen-bond donors (Lipinski definition) is 3. The van der Waals surface area contributed by atoms with Gasteiger partial charge in [0.25, 0.3) is 11.5 Å². The number of aromatic nitrogens is 4. The highest BCUT2D eigenvalue weighted by Crippen LogP contribution is 2.25. The van der Waals surface area contributed by atoms with Gasteiger partial charge >= 0.3 is 0 Å². The summed E-state index contributed by atoms with van der Waals surface area (Å²) in [7, 11) is 1.72. The Kier molecular flexibility index (Phi) is 5.71. The maximum Gasteiger partial charge on any atom is 0.274 e. The van der Waals surface area contributed by atoms with Gasteiger partial charge in [-0.25, -0.2) is 9.37 Å². The minimum atomic E-state index is -1.02. The summed E-state index contributed by atoms with van der Waals surface area (Å²) in [5, 5.41) is 13.1. The zero-order valence-corrected chi connectivity index (χ0v) is 18.3. The molecule has 0 unspecified atom stereocenters. The monoisotopic (exact) mass is 455 g/mol. The Morgan fingerprint density at radius 3 is 2.88 bits per heavy atom. The number of nitrogens with one attached hydrogen (secondary N) is 3. The normalized spacial score (nSPS) is 22.5. The average Bonchev–Trinajstić information content (AvgIpc) is 3.27. The average molecular weight is 455 g/mol. The van der Waals surface area contributed by atoms with Crippen LogP contribution in [0.5, 0.6) is 0 Å². The topological polar surface area (TPSA) is 115 Å². The Bertz CT molecular complexity index is 1230. The molecule has 1 aliphatic carbocycles. The van der Waals surface area contributed by atoms with Gasteiger partial charge in [0.1, 0.15) is 29.1 Å². The minimum Gasteiger partial charge on any atom is -0.379 e. The third-order valence-corrected chi connectivity index (χ3v) is 6.25. The summed E-state index contributed by atoms with van der Waals surface area (Å²) in [5.74, 6) is 0.525. The van der Waals surface area contributed by atoms with Gasteiger partial charge in [0.2, 0.25) is 0 Å². The van der Waals surface area contributed by atoms with Gasteiger partial charge in [-0.15, -0.1) is 0 Å². The molecule has 2 aliphatic rings. The fourth-order valence-corrected chi connectivity index (χ4v) is 4.21. The maximum atomic E-state index is 13.6. The van der Waals surface area contributed by atoms with Crippen molar-refractivity contribution in [2.45, 2.75) is 43.9 Å². The van der Waals surface area contributed by atoms with Crippen molar-refractivity contribution in [1.29, 1.82) is 0 Å². The highest BCUT2D eigenvalue weighted by atomic mass is 19.1. The Hall–Kier alpha value is -3.47. The van der Waals surface area contributed by atoms with Crippen LogP contribution in [0.4, 0.5) is 21.7 Å². The number of rotatable bonds is 6. The first-order chi connectivity index (χ1) is 16.0. The molecule has 3 aromatic heterocycles. The van der Waals surface area contributed by atoms with E-state index in [4.69, 9.17) is 4.74 Å². The van der Waals surface area contributed by atoms with E-state index in [1.54, 1.807) is 36.0 Å². The van der Waals surface area contributed by atoms with Crippen LogP contribution < -0.4 is 21.5 Å². The van der Waals surface area contributed by atoms with Crippen molar-refractivity contribution >= 4 is 28.9 Å². The molecule has 0 bridgehead atoms. The fourth-order valence-electron chi connectivity index (χ4n) is 4.21. The van der Waals surface area contributed by atoms with Crippen LogP contribution in [-0.2, 0) is 4.74 Å². The van der Waals surface area contributed by atoms with Crippen LogP contribution in [0, 0.1) is 0 Å². The molecule has 0 radical (unpaired) electrons. The summed E-state index contributed by atoms with van der Waals surface area (Å²) in [4.78, 5) is 30.4. The second-order valence-electron chi connectivity index (χ2n) is 8.37. The largest absolute Gasteiger partial charge is 0.379 e. The molecule has 174 valence electrons. The maximum absolute atomic E-state index is 13.6. The van der Waals surface area contributed by atoms with Crippen molar-refractivity contribution in [2.24, 2.45) is 0 Å². The molecule has 3 N–H and O–H groups in total. The second-order valence-corrected chi connectivity index (χ2v) is 8.37. The summed E-state index contributed by atoms with van der Waals surface area (Å²) in [5.41, 5.74) is 0.723. The van der Waals surface area contributed by atoms with Crippen molar-refractivity contribution in [1.82, 2.24) is 24.5 Å². The van der Waals surface area contributed by atoms with Gasteiger partial charge in [-0.1, -0.05) is 0 Å². The van der Waals surface area contributed by atoms with Gasteiger partial charge in [0.15, 0.2) is 5.65 Å². The second kappa shape index (κ2) is 8.81. The summed E-state index contributed by atoms with van der Waals surface area (Å²) in [6, 6.07) is 4.71. The molecular weight excluding hydrogens is 429 g/mol.